The fourth-order valence-electron chi connectivity index (χ4n) is 2.27. The Morgan fingerprint density at radius 1 is 1.06 bits per heavy atom. The zero-order valence-electron chi connectivity index (χ0n) is 10.3. The summed E-state index contributed by atoms with van der Waals surface area (Å²) in [6, 6.07) is 0.773. The van der Waals surface area contributed by atoms with E-state index < -0.39 is 0 Å². The van der Waals surface area contributed by atoms with E-state index in [4.69, 9.17) is 4.74 Å². The normalized spacial score (nSPS) is 23.0. The molecule has 0 aliphatic heterocycles. The molecule has 2 saturated carbocycles. The van der Waals surface area contributed by atoms with Crippen LogP contribution in [0, 0.1) is 0 Å². The molecule has 2 heteroatoms. The van der Waals surface area contributed by atoms with Crippen LogP contribution in [0.4, 0.5) is 0 Å². The van der Waals surface area contributed by atoms with Gasteiger partial charge in [0.1, 0.15) is 0 Å². The van der Waals surface area contributed by atoms with Crippen molar-refractivity contribution < 1.29 is 4.74 Å². The molecule has 2 aliphatic carbocycles. The molecule has 0 aromatic heterocycles. The topological polar surface area (TPSA) is 21.3 Å². The fourth-order valence-corrected chi connectivity index (χ4v) is 2.27. The number of hydrogen-bond acceptors (Lipinski definition) is 2. The second-order valence-corrected chi connectivity index (χ2v) is 5.33. The van der Waals surface area contributed by atoms with Crippen LogP contribution in [-0.4, -0.2) is 25.3 Å². The molecule has 0 aromatic rings. The first-order chi connectivity index (χ1) is 7.84. The van der Waals surface area contributed by atoms with Crippen molar-refractivity contribution in [2.45, 2.75) is 63.5 Å². The summed E-state index contributed by atoms with van der Waals surface area (Å²) in [5.74, 6) is 0. The largest absolute Gasteiger partial charge is 0.374 e. The van der Waals surface area contributed by atoms with Gasteiger partial charge in [0.15, 0.2) is 0 Å². The Morgan fingerprint density at radius 2 is 1.75 bits per heavy atom. The van der Waals surface area contributed by atoms with Crippen LogP contribution in [0.5, 0.6) is 0 Å². The van der Waals surface area contributed by atoms with Gasteiger partial charge in [0.05, 0.1) is 12.7 Å². The third-order valence-corrected chi connectivity index (χ3v) is 3.54. The summed E-state index contributed by atoms with van der Waals surface area (Å²) in [5, 5.41) is 3.48. The molecule has 0 heterocycles. The molecule has 0 radical (unpaired) electrons. The Labute approximate surface area is 99.4 Å². The van der Waals surface area contributed by atoms with Gasteiger partial charge >= 0.3 is 0 Å². The van der Waals surface area contributed by atoms with E-state index in [2.05, 4.69) is 11.9 Å². The fraction of sp³-hybridized carbons (Fsp3) is 0.857. The lowest BCUT2D eigenvalue weighted by Gasteiger charge is -2.16. The Morgan fingerprint density at radius 3 is 2.38 bits per heavy atom. The van der Waals surface area contributed by atoms with E-state index in [1.54, 1.807) is 0 Å². The maximum absolute atomic E-state index is 5.94. The standard InChI is InChI=1S/C14H25NO/c1-12(10-15-13-8-9-13)11-16-14-6-4-2-3-5-7-14/h13-15H,1-11H2. The lowest BCUT2D eigenvalue weighted by atomic mass is 10.1. The Bertz CT molecular complexity index is 215. The maximum atomic E-state index is 5.94. The molecule has 0 saturated heterocycles. The average Bonchev–Trinajstić information content (AvgIpc) is 3.10. The van der Waals surface area contributed by atoms with Gasteiger partial charge in [-0.25, -0.2) is 0 Å². The molecule has 0 spiro atoms. The van der Waals surface area contributed by atoms with E-state index in [1.165, 1.54) is 56.9 Å². The molecule has 1 N–H and O–H groups in total. The summed E-state index contributed by atoms with van der Waals surface area (Å²) in [4.78, 5) is 0. The first-order valence-electron chi connectivity index (χ1n) is 6.86. The first-order valence-corrected chi connectivity index (χ1v) is 6.86. The van der Waals surface area contributed by atoms with E-state index >= 15 is 0 Å². The summed E-state index contributed by atoms with van der Waals surface area (Å²) in [7, 11) is 0. The van der Waals surface area contributed by atoms with Crippen LogP contribution in [0.3, 0.4) is 0 Å². The average molecular weight is 223 g/mol. The maximum Gasteiger partial charge on any atom is 0.0690 e. The summed E-state index contributed by atoms with van der Waals surface area (Å²) in [6.07, 6.45) is 11.2. The van der Waals surface area contributed by atoms with Crippen LogP contribution >= 0.6 is 0 Å². The van der Waals surface area contributed by atoms with Crippen molar-refractivity contribution in [3.8, 4) is 0 Å². The lowest BCUT2D eigenvalue weighted by molar-refractivity contribution is 0.0582. The van der Waals surface area contributed by atoms with Crippen molar-refractivity contribution >= 4 is 0 Å². The molecule has 2 nitrogen and oxygen atoms in total. The Balaban J connectivity index is 1.55. The molecule has 2 rings (SSSR count). The van der Waals surface area contributed by atoms with Crippen molar-refractivity contribution in [3.63, 3.8) is 0 Å². The van der Waals surface area contributed by atoms with Crippen LogP contribution in [0.1, 0.15) is 51.4 Å². The van der Waals surface area contributed by atoms with Gasteiger partial charge in [-0.2, -0.15) is 0 Å². The van der Waals surface area contributed by atoms with E-state index in [-0.39, 0.29) is 0 Å². The van der Waals surface area contributed by atoms with E-state index in [1.807, 2.05) is 0 Å². The molecule has 0 bridgehead atoms. The van der Waals surface area contributed by atoms with Gasteiger partial charge in [0.2, 0.25) is 0 Å². The zero-order valence-corrected chi connectivity index (χ0v) is 10.3. The van der Waals surface area contributed by atoms with Crippen LogP contribution in [-0.2, 0) is 4.74 Å². The number of rotatable bonds is 6. The summed E-state index contributed by atoms with van der Waals surface area (Å²) in [5.41, 5.74) is 1.20. The number of ether oxygens (including phenoxy) is 1. The van der Waals surface area contributed by atoms with Gasteiger partial charge in [-0.1, -0.05) is 32.3 Å². The molecule has 0 aromatic carbocycles. The first kappa shape index (κ1) is 12.1. The van der Waals surface area contributed by atoms with Crippen molar-refractivity contribution in [2.75, 3.05) is 13.2 Å². The van der Waals surface area contributed by atoms with E-state index in [0.717, 1.165) is 19.2 Å². The van der Waals surface area contributed by atoms with Gasteiger partial charge in [-0.05, 0) is 31.3 Å². The zero-order chi connectivity index (χ0) is 11.2. The monoisotopic (exact) mass is 223 g/mol. The number of hydrogen-bond donors (Lipinski definition) is 1. The van der Waals surface area contributed by atoms with Gasteiger partial charge < -0.3 is 10.1 Å². The highest BCUT2D eigenvalue weighted by Crippen LogP contribution is 2.21. The van der Waals surface area contributed by atoms with E-state index in [0.29, 0.717) is 6.10 Å². The number of nitrogens with one attached hydrogen (secondary N) is 1. The van der Waals surface area contributed by atoms with E-state index in [9.17, 15) is 0 Å². The van der Waals surface area contributed by atoms with Crippen molar-refractivity contribution in [1.82, 2.24) is 5.32 Å². The molecule has 0 atom stereocenters. The molecule has 2 fully saturated rings. The quantitative estimate of drug-likeness (QED) is 0.552. The summed E-state index contributed by atoms with van der Waals surface area (Å²) in [6.45, 7) is 5.77. The Hall–Kier alpha value is -0.340. The molecular formula is C14H25NO. The van der Waals surface area contributed by atoms with Gasteiger partial charge in [0, 0.05) is 12.6 Å². The Kier molecular flexibility index (Phi) is 4.86. The predicted molar refractivity (Wildman–Crippen MR) is 67.6 cm³/mol. The highest BCUT2D eigenvalue weighted by molar-refractivity contribution is 4.99. The second-order valence-electron chi connectivity index (χ2n) is 5.33. The van der Waals surface area contributed by atoms with Crippen LogP contribution in [0.25, 0.3) is 0 Å². The molecule has 0 amide bonds. The van der Waals surface area contributed by atoms with Crippen molar-refractivity contribution in [3.05, 3.63) is 12.2 Å². The predicted octanol–water partition coefficient (Wildman–Crippen LogP) is 3.03. The summed E-state index contributed by atoms with van der Waals surface area (Å²) < 4.78 is 5.94. The van der Waals surface area contributed by atoms with Crippen LogP contribution in [0.15, 0.2) is 12.2 Å². The summed E-state index contributed by atoms with van der Waals surface area (Å²) >= 11 is 0. The van der Waals surface area contributed by atoms with Gasteiger partial charge in [-0.15, -0.1) is 0 Å². The van der Waals surface area contributed by atoms with Crippen molar-refractivity contribution in [2.24, 2.45) is 0 Å². The van der Waals surface area contributed by atoms with Crippen LogP contribution < -0.4 is 5.32 Å². The highest BCUT2D eigenvalue weighted by atomic mass is 16.5. The van der Waals surface area contributed by atoms with Gasteiger partial charge in [0.25, 0.3) is 0 Å². The molecular weight excluding hydrogens is 198 g/mol. The lowest BCUT2D eigenvalue weighted by Crippen LogP contribution is -2.22. The van der Waals surface area contributed by atoms with Crippen LogP contribution in [0.2, 0.25) is 0 Å². The molecule has 0 unspecified atom stereocenters. The molecule has 2 aliphatic rings. The molecule has 92 valence electrons. The second kappa shape index (κ2) is 6.41. The SMILES string of the molecule is C=C(CNC1CC1)COC1CCCCCC1. The molecule has 16 heavy (non-hydrogen) atoms. The minimum absolute atomic E-state index is 0.500. The highest BCUT2D eigenvalue weighted by Gasteiger charge is 2.20. The van der Waals surface area contributed by atoms with Crippen molar-refractivity contribution in [1.29, 1.82) is 0 Å². The smallest absolute Gasteiger partial charge is 0.0690 e. The third-order valence-electron chi connectivity index (χ3n) is 3.54. The minimum Gasteiger partial charge on any atom is -0.374 e. The third kappa shape index (κ3) is 4.67. The minimum atomic E-state index is 0.500. The van der Waals surface area contributed by atoms with Gasteiger partial charge in [-0.3, -0.25) is 0 Å².